The first-order valence-corrected chi connectivity index (χ1v) is 16.3. The second-order valence-electron chi connectivity index (χ2n) is 12.6. The number of hydrogen-bond acceptors (Lipinski definition) is 6. The van der Waals surface area contributed by atoms with Crippen molar-refractivity contribution < 1.29 is 9.59 Å². The maximum Gasteiger partial charge on any atom is 0.231 e. The number of aromatic nitrogens is 8. The molecule has 6 aromatic rings. The number of carbonyl (C=O) groups excluding carboxylic acids is 2. The van der Waals surface area contributed by atoms with Crippen LogP contribution in [-0.4, -0.2) is 51.8 Å². The zero-order valence-corrected chi connectivity index (χ0v) is 27.0. The zero-order chi connectivity index (χ0) is 33.0. The Morgan fingerprint density at radius 2 is 1.10 bits per heavy atom. The number of nitrogens with one attached hydrogen (secondary N) is 4. The highest BCUT2D eigenvalue weighted by Crippen LogP contribution is 2.40. The fourth-order valence-electron chi connectivity index (χ4n) is 5.45. The summed E-state index contributed by atoms with van der Waals surface area (Å²) < 4.78 is 3.57. The summed E-state index contributed by atoms with van der Waals surface area (Å²) in [4.78, 5) is 24.3. The van der Waals surface area contributed by atoms with Crippen molar-refractivity contribution in [3.63, 3.8) is 0 Å². The van der Waals surface area contributed by atoms with Gasteiger partial charge in [-0.15, -0.1) is 0 Å². The molecule has 2 saturated carbocycles. The van der Waals surface area contributed by atoms with Gasteiger partial charge in [0.05, 0.1) is 35.6 Å². The normalized spacial score (nSPS) is 13.9. The first-order valence-electron chi connectivity index (χ1n) is 16.3. The van der Waals surface area contributed by atoms with Gasteiger partial charge in [-0.25, -0.2) is 9.36 Å². The topological polar surface area (TPSA) is 151 Å². The van der Waals surface area contributed by atoms with E-state index < -0.39 is 0 Å². The van der Waals surface area contributed by atoms with Crippen molar-refractivity contribution in [1.82, 2.24) is 40.0 Å². The van der Waals surface area contributed by atoms with E-state index >= 15 is 0 Å². The minimum Gasteiger partial charge on any atom is -0.309 e. The van der Waals surface area contributed by atoms with Crippen molar-refractivity contribution >= 4 is 23.5 Å². The molecule has 2 aliphatic carbocycles. The molecule has 2 aliphatic rings. The molecular formula is C36H38N10O2. The summed E-state index contributed by atoms with van der Waals surface area (Å²) >= 11 is 0. The third kappa shape index (κ3) is 7.95. The van der Waals surface area contributed by atoms with Gasteiger partial charge >= 0.3 is 0 Å². The maximum absolute atomic E-state index is 12.2. The Labute approximate surface area is 278 Å². The molecule has 0 aliphatic heterocycles. The lowest BCUT2D eigenvalue weighted by Gasteiger charge is -2.02. The number of nitrogens with zero attached hydrogens (tertiary/aromatic N) is 6. The molecule has 0 atom stereocenters. The minimum absolute atomic E-state index is 0.113. The Morgan fingerprint density at radius 3 is 1.50 bits per heavy atom. The standard InChI is InChI=1S/2C18H19N5O/c2*1-12-3-2-4-15(9-12)23-8-7-14(22-23)10-18(24)19-17-11-16(20-21-17)13-5-6-13/h2*2-4,7-9,11,13H,5-6,10H2,1H3,(H2,19,20,21,24). The van der Waals surface area contributed by atoms with Crippen LogP contribution in [0.15, 0.2) is 85.2 Å². The highest BCUT2D eigenvalue weighted by atomic mass is 16.2. The van der Waals surface area contributed by atoms with E-state index in [-0.39, 0.29) is 24.7 Å². The molecule has 0 spiro atoms. The summed E-state index contributed by atoms with van der Waals surface area (Å²) in [6, 6.07) is 23.7. The number of amides is 2. The number of H-pyrrole nitrogens is 2. The van der Waals surface area contributed by atoms with Crippen molar-refractivity contribution in [2.75, 3.05) is 10.6 Å². The lowest BCUT2D eigenvalue weighted by molar-refractivity contribution is -0.116. The van der Waals surface area contributed by atoms with Crippen LogP contribution < -0.4 is 10.6 Å². The van der Waals surface area contributed by atoms with Gasteiger partial charge in [0.1, 0.15) is 0 Å². The molecule has 0 saturated heterocycles. The molecule has 244 valence electrons. The summed E-state index contributed by atoms with van der Waals surface area (Å²) in [7, 11) is 0. The zero-order valence-electron chi connectivity index (χ0n) is 27.0. The Balaban J connectivity index is 0.000000152. The van der Waals surface area contributed by atoms with Gasteiger partial charge in [-0.2, -0.15) is 20.4 Å². The number of hydrogen-bond donors (Lipinski definition) is 4. The van der Waals surface area contributed by atoms with Crippen LogP contribution in [0.4, 0.5) is 11.6 Å². The van der Waals surface area contributed by atoms with E-state index in [1.54, 1.807) is 9.36 Å². The van der Waals surface area contributed by atoms with Crippen LogP contribution in [0.1, 0.15) is 71.4 Å². The molecule has 48 heavy (non-hydrogen) atoms. The minimum atomic E-state index is -0.113. The van der Waals surface area contributed by atoms with Crippen molar-refractivity contribution in [1.29, 1.82) is 0 Å². The molecule has 2 fully saturated rings. The van der Waals surface area contributed by atoms with Crippen LogP contribution in [-0.2, 0) is 22.4 Å². The third-order valence-corrected chi connectivity index (χ3v) is 8.27. The van der Waals surface area contributed by atoms with E-state index in [0.29, 0.717) is 23.5 Å². The van der Waals surface area contributed by atoms with Gasteiger partial charge in [-0.3, -0.25) is 19.8 Å². The molecule has 0 radical (unpaired) electrons. The first-order chi connectivity index (χ1) is 23.3. The van der Waals surface area contributed by atoms with Crippen molar-refractivity contribution in [2.45, 2.75) is 64.2 Å². The van der Waals surface area contributed by atoms with Crippen LogP contribution in [0.5, 0.6) is 0 Å². The largest absolute Gasteiger partial charge is 0.309 e. The second kappa shape index (κ2) is 13.5. The van der Waals surface area contributed by atoms with Gasteiger partial charge in [-0.05, 0) is 87.1 Å². The first kappa shape index (κ1) is 30.9. The predicted molar refractivity (Wildman–Crippen MR) is 182 cm³/mol. The van der Waals surface area contributed by atoms with Gasteiger partial charge in [0.15, 0.2) is 11.6 Å². The summed E-state index contributed by atoms with van der Waals surface area (Å²) in [6.45, 7) is 4.09. The van der Waals surface area contributed by atoms with Gasteiger partial charge in [0, 0.05) is 47.8 Å². The number of carbonyl (C=O) groups is 2. The smallest absolute Gasteiger partial charge is 0.231 e. The third-order valence-electron chi connectivity index (χ3n) is 8.27. The molecule has 4 aromatic heterocycles. The molecule has 12 heteroatoms. The number of benzene rings is 2. The highest BCUT2D eigenvalue weighted by Gasteiger charge is 2.26. The Hall–Kier alpha value is -5.78. The van der Waals surface area contributed by atoms with E-state index in [1.165, 1.54) is 36.8 Å². The fourth-order valence-corrected chi connectivity index (χ4v) is 5.45. The second-order valence-corrected chi connectivity index (χ2v) is 12.6. The SMILES string of the molecule is Cc1cccc(-n2ccc(CC(=O)Nc3cc(C4CC4)[nH]n3)n2)c1.Cc1cccc(-n2ccc(CC(=O)Nc3cc(C4CC4)[nH]n3)n2)c1. The van der Waals surface area contributed by atoms with E-state index in [9.17, 15) is 9.59 Å². The molecule has 2 amide bonds. The molecule has 0 unspecified atom stereocenters. The molecule has 12 nitrogen and oxygen atoms in total. The van der Waals surface area contributed by atoms with E-state index in [2.05, 4.69) is 53.4 Å². The molecule has 0 bridgehead atoms. The predicted octanol–water partition coefficient (Wildman–Crippen LogP) is 5.92. The van der Waals surface area contributed by atoms with Gasteiger partial charge in [0.2, 0.25) is 11.8 Å². The summed E-state index contributed by atoms with van der Waals surface area (Å²) in [5.41, 5.74) is 7.99. The van der Waals surface area contributed by atoms with Crippen LogP contribution in [0.25, 0.3) is 11.4 Å². The van der Waals surface area contributed by atoms with Gasteiger partial charge in [-0.1, -0.05) is 24.3 Å². The molecule has 8 rings (SSSR count). The quantitative estimate of drug-likeness (QED) is 0.146. The Bertz CT molecular complexity index is 1900. The number of anilines is 2. The van der Waals surface area contributed by atoms with Crippen molar-refractivity contribution in [3.05, 3.63) is 119 Å². The Kier molecular flexibility index (Phi) is 8.69. The molecule has 4 N–H and O–H groups in total. The number of aromatic amines is 2. The van der Waals surface area contributed by atoms with Crippen molar-refractivity contribution in [3.8, 4) is 11.4 Å². The van der Waals surface area contributed by atoms with E-state index in [1.807, 2.05) is 86.9 Å². The van der Waals surface area contributed by atoms with Gasteiger partial charge in [0.25, 0.3) is 0 Å². The van der Waals surface area contributed by atoms with Crippen LogP contribution >= 0.6 is 0 Å². The molecular weight excluding hydrogens is 604 g/mol. The molecule has 4 heterocycles. The average molecular weight is 643 g/mol. The lowest BCUT2D eigenvalue weighted by atomic mass is 10.2. The summed E-state index contributed by atoms with van der Waals surface area (Å²) in [6.07, 6.45) is 9.00. The van der Waals surface area contributed by atoms with E-state index in [0.717, 1.165) is 34.2 Å². The van der Waals surface area contributed by atoms with Gasteiger partial charge < -0.3 is 10.6 Å². The average Bonchev–Trinajstić information content (AvgIpc) is 3.87. The monoisotopic (exact) mass is 642 g/mol. The van der Waals surface area contributed by atoms with Crippen LogP contribution in [0.2, 0.25) is 0 Å². The Morgan fingerprint density at radius 1 is 0.667 bits per heavy atom. The maximum atomic E-state index is 12.2. The van der Waals surface area contributed by atoms with Crippen LogP contribution in [0, 0.1) is 13.8 Å². The van der Waals surface area contributed by atoms with Crippen LogP contribution in [0.3, 0.4) is 0 Å². The molecule has 2 aromatic carbocycles. The summed E-state index contributed by atoms with van der Waals surface area (Å²) in [5, 5.41) is 28.8. The highest BCUT2D eigenvalue weighted by molar-refractivity contribution is 5.91. The van der Waals surface area contributed by atoms with Crippen molar-refractivity contribution in [2.24, 2.45) is 0 Å². The lowest BCUT2D eigenvalue weighted by Crippen LogP contribution is -2.15. The number of aryl methyl sites for hydroxylation is 2. The van der Waals surface area contributed by atoms with E-state index in [4.69, 9.17) is 0 Å². The summed E-state index contributed by atoms with van der Waals surface area (Å²) in [5.74, 6) is 2.12. The number of rotatable bonds is 10. The fraction of sp³-hybridized carbons (Fsp3) is 0.278.